The van der Waals surface area contributed by atoms with E-state index in [0.717, 1.165) is 37.3 Å². The Kier molecular flexibility index (Phi) is 3.64. The summed E-state index contributed by atoms with van der Waals surface area (Å²) in [5.74, 6) is -0.0109. The van der Waals surface area contributed by atoms with Gasteiger partial charge in [0.05, 0.1) is 17.9 Å². The largest absolute Gasteiger partial charge is 0.383 e. The molecule has 4 heteroatoms. The predicted molar refractivity (Wildman–Crippen MR) is 70.3 cm³/mol. The number of nitrogens with one attached hydrogen (secondary N) is 1. The third kappa shape index (κ3) is 2.26. The lowest BCUT2D eigenvalue weighted by molar-refractivity contribution is -0.117. The molecule has 92 valence electrons. The minimum atomic E-state index is -0.0109. The van der Waals surface area contributed by atoms with Crippen LogP contribution in [0.4, 0.5) is 11.4 Å². The second-order valence-electron chi connectivity index (χ2n) is 4.19. The van der Waals surface area contributed by atoms with Gasteiger partial charge in [-0.1, -0.05) is 19.1 Å². The van der Waals surface area contributed by atoms with Crippen LogP contribution in [-0.2, 0) is 11.2 Å². The van der Waals surface area contributed by atoms with Crippen LogP contribution in [0, 0.1) is 0 Å². The topological polar surface area (TPSA) is 58.4 Å². The van der Waals surface area contributed by atoms with Crippen LogP contribution in [0.25, 0.3) is 0 Å². The van der Waals surface area contributed by atoms with Gasteiger partial charge in [0.2, 0.25) is 5.91 Å². The van der Waals surface area contributed by atoms with E-state index in [4.69, 9.17) is 5.73 Å². The fourth-order valence-electron chi connectivity index (χ4n) is 2.25. The van der Waals surface area contributed by atoms with E-state index in [1.165, 1.54) is 5.56 Å². The van der Waals surface area contributed by atoms with Crippen molar-refractivity contribution in [2.45, 2.75) is 19.8 Å². The van der Waals surface area contributed by atoms with Crippen molar-refractivity contribution in [1.29, 1.82) is 0 Å². The molecule has 0 saturated heterocycles. The van der Waals surface area contributed by atoms with E-state index in [2.05, 4.69) is 18.3 Å². The summed E-state index contributed by atoms with van der Waals surface area (Å²) in [4.78, 5) is 13.7. The number of benzene rings is 1. The molecule has 0 bridgehead atoms. The number of nitrogens with zero attached hydrogens (tertiary/aromatic N) is 1. The Morgan fingerprint density at radius 3 is 3.06 bits per heavy atom. The average molecular weight is 233 g/mol. The fourth-order valence-corrected chi connectivity index (χ4v) is 2.25. The van der Waals surface area contributed by atoms with Crippen LogP contribution in [0.2, 0.25) is 0 Å². The van der Waals surface area contributed by atoms with E-state index in [9.17, 15) is 4.79 Å². The minimum absolute atomic E-state index is 0.0109. The van der Waals surface area contributed by atoms with Crippen molar-refractivity contribution in [3.05, 3.63) is 23.8 Å². The molecule has 1 heterocycles. The van der Waals surface area contributed by atoms with Gasteiger partial charge >= 0.3 is 0 Å². The summed E-state index contributed by atoms with van der Waals surface area (Å²) in [7, 11) is 0. The second kappa shape index (κ2) is 5.19. The lowest BCUT2D eigenvalue weighted by atomic mass is 10.1. The molecule has 2 rings (SSSR count). The normalized spacial score (nSPS) is 14.8. The number of hydrogen-bond acceptors (Lipinski definition) is 3. The highest BCUT2D eigenvalue weighted by Gasteiger charge is 2.21. The van der Waals surface area contributed by atoms with Gasteiger partial charge in [0.25, 0.3) is 0 Å². The standard InChI is InChI=1S/C13H19N3O/c1-2-10-5-3-6-11-13(10)15-7-4-8-16(11)12(17)9-14/h3,5-6,15H,2,4,7-9,14H2,1H3. The molecule has 3 N–H and O–H groups in total. The zero-order chi connectivity index (χ0) is 12.3. The van der Waals surface area contributed by atoms with Crippen molar-refractivity contribution in [2.24, 2.45) is 5.73 Å². The Bertz CT molecular complexity index is 417. The number of para-hydroxylation sites is 1. The van der Waals surface area contributed by atoms with E-state index < -0.39 is 0 Å². The highest BCUT2D eigenvalue weighted by molar-refractivity contribution is 5.98. The Labute approximate surface area is 102 Å². The highest BCUT2D eigenvalue weighted by Crippen LogP contribution is 2.32. The first-order chi connectivity index (χ1) is 8.27. The molecule has 0 unspecified atom stereocenters. The highest BCUT2D eigenvalue weighted by atomic mass is 16.2. The maximum absolute atomic E-state index is 11.9. The van der Waals surface area contributed by atoms with Crippen molar-refractivity contribution in [2.75, 3.05) is 29.9 Å². The quantitative estimate of drug-likeness (QED) is 0.811. The number of fused-ring (bicyclic) bond motifs is 1. The van der Waals surface area contributed by atoms with Gasteiger partial charge in [-0.05, 0) is 24.5 Å². The lowest BCUT2D eigenvalue weighted by Gasteiger charge is -2.23. The summed E-state index contributed by atoms with van der Waals surface area (Å²) >= 11 is 0. The van der Waals surface area contributed by atoms with E-state index in [0.29, 0.717) is 0 Å². The smallest absolute Gasteiger partial charge is 0.240 e. The Hall–Kier alpha value is -1.55. The molecule has 1 aromatic carbocycles. The van der Waals surface area contributed by atoms with E-state index in [1.807, 2.05) is 12.1 Å². The van der Waals surface area contributed by atoms with Gasteiger partial charge in [-0.25, -0.2) is 0 Å². The van der Waals surface area contributed by atoms with E-state index >= 15 is 0 Å². The molecule has 0 atom stereocenters. The number of rotatable bonds is 2. The summed E-state index contributed by atoms with van der Waals surface area (Å²) in [5, 5.41) is 3.42. The lowest BCUT2D eigenvalue weighted by Crippen LogP contribution is -2.36. The summed E-state index contributed by atoms with van der Waals surface area (Å²) in [6.45, 7) is 3.83. The van der Waals surface area contributed by atoms with Crippen LogP contribution in [0.15, 0.2) is 18.2 Å². The summed E-state index contributed by atoms with van der Waals surface area (Å²) < 4.78 is 0. The van der Waals surface area contributed by atoms with Crippen LogP contribution in [0.1, 0.15) is 18.9 Å². The molecule has 1 amide bonds. The number of carbonyl (C=O) groups excluding carboxylic acids is 1. The molecule has 4 nitrogen and oxygen atoms in total. The van der Waals surface area contributed by atoms with Crippen molar-refractivity contribution in [3.8, 4) is 0 Å². The Morgan fingerprint density at radius 2 is 2.35 bits per heavy atom. The minimum Gasteiger partial charge on any atom is -0.383 e. The number of hydrogen-bond donors (Lipinski definition) is 2. The molecule has 1 aromatic rings. The Balaban J connectivity index is 2.45. The van der Waals surface area contributed by atoms with Gasteiger partial charge in [0, 0.05) is 13.1 Å². The molecule has 0 saturated carbocycles. The first-order valence-corrected chi connectivity index (χ1v) is 6.14. The number of amides is 1. The first-order valence-electron chi connectivity index (χ1n) is 6.14. The Morgan fingerprint density at radius 1 is 1.53 bits per heavy atom. The zero-order valence-corrected chi connectivity index (χ0v) is 10.2. The number of anilines is 2. The van der Waals surface area contributed by atoms with Gasteiger partial charge in [0.15, 0.2) is 0 Å². The van der Waals surface area contributed by atoms with Gasteiger partial charge < -0.3 is 16.0 Å². The fraction of sp³-hybridized carbons (Fsp3) is 0.462. The SMILES string of the molecule is CCc1cccc2c1NCCCN2C(=O)CN. The van der Waals surface area contributed by atoms with Gasteiger partial charge in [0.1, 0.15) is 0 Å². The molecule has 0 fully saturated rings. The molecule has 0 aliphatic carbocycles. The third-order valence-corrected chi connectivity index (χ3v) is 3.14. The molecule has 17 heavy (non-hydrogen) atoms. The van der Waals surface area contributed by atoms with Crippen LogP contribution < -0.4 is 16.0 Å². The van der Waals surface area contributed by atoms with E-state index in [-0.39, 0.29) is 12.5 Å². The van der Waals surface area contributed by atoms with Crippen LogP contribution in [0.3, 0.4) is 0 Å². The zero-order valence-electron chi connectivity index (χ0n) is 10.2. The first kappa shape index (κ1) is 11.9. The van der Waals surface area contributed by atoms with Gasteiger partial charge in [-0.2, -0.15) is 0 Å². The van der Waals surface area contributed by atoms with Crippen molar-refractivity contribution < 1.29 is 4.79 Å². The molecule has 0 spiro atoms. The van der Waals surface area contributed by atoms with Crippen LogP contribution in [-0.4, -0.2) is 25.5 Å². The maximum atomic E-state index is 11.9. The number of aryl methyl sites for hydroxylation is 1. The summed E-state index contributed by atoms with van der Waals surface area (Å²) in [6, 6.07) is 6.09. The van der Waals surface area contributed by atoms with E-state index in [1.54, 1.807) is 4.90 Å². The number of nitrogens with two attached hydrogens (primary N) is 1. The molecule has 1 aliphatic rings. The number of carbonyl (C=O) groups is 1. The third-order valence-electron chi connectivity index (χ3n) is 3.14. The summed E-state index contributed by atoms with van der Waals surface area (Å²) in [5.41, 5.74) is 8.78. The maximum Gasteiger partial charge on any atom is 0.240 e. The molecule has 1 aliphatic heterocycles. The molecular formula is C13H19N3O. The van der Waals surface area contributed by atoms with Gasteiger partial charge in [-0.3, -0.25) is 4.79 Å². The second-order valence-corrected chi connectivity index (χ2v) is 4.19. The van der Waals surface area contributed by atoms with Crippen molar-refractivity contribution in [1.82, 2.24) is 0 Å². The molecule has 0 radical (unpaired) electrons. The summed E-state index contributed by atoms with van der Waals surface area (Å²) in [6.07, 6.45) is 1.91. The van der Waals surface area contributed by atoms with Crippen molar-refractivity contribution >= 4 is 17.3 Å². The van der Waals surface area contributed by atoms with Crippen LogP contribution >= 0.6 is 0 Å². The van der Waals surface area contributed by atoms with Gasteiger partial charge in [-0.15, -0.1) is 0 Å². The van der Waals surface area contributed by atoms with Crippen molar-refractivity contribution in [3.63, 3.8) is 0 Å². The molecular weight excluding hydrogens is 214 g/mol. The average Bonchev–Trinajstić information content (AvgIpc) is 2.59. The van der Waals surface area contributed by atoms with Crippen LogP contribution in [0.5, 0.6) is 0 Å². The molecule has 0 aromatic heterocycles. The predicted octanol–water partition coefficient (Wildman–Crippen LogP) is 1.36. The monoisotopic (exact) mass is 233 g/mol.